The number of nitrogens with zero attached hydrogens (tertiary/aromatic N) is 3. The summed E-state index contributed by atoms with van der Waals surface area (Å²) in [6.45, 7) is 6.48. The Balaban J connectivity index is 1.46. The average molecular weight is 667 g/mol. The Hall–Kier alpha value is -3.67. The van der Waals surface area contributed by atoms with Crippen LogP contribution in [0.3, 0.4) is 0 Å². The number of hydrogen-bond acceptors (Lipinski definition) is 8. The maximum Gasteiger partial charge on any atom is 0.410 e. The van der Waals surface area contributed by atoms with Crippen molar-refractivity contribution >= 4 is 27.9 Å². The van der Waals surface area contributed by atoms with Gasteiger partial charge in [-0.1, -0.05) is 58.4 Å². The average Bonchev–Trinajstić information content (AvgIpc) is 3.39. The molecule has 2 aromatic carbocycles. The van der Waals surface area contributed by atoms with Crippen LogP contribution in [0.15, 0.2) is 71.5 Å². The van der Waals surface area contributed by atoms with Gasteiger partial charge >= 0.3 is 6.09 Å². The SMILES string of the molecule is COc1cncc2c1[C@]1(O)[C@H](O)[C@H](C(=O)N3CCN(C(=O)OC(C)(C)C)CC3)[C@@H](c3ccccc3)[C@]1(c1ccc(Br)cc1)O2. The van der Waals surface area contributed by atoms with Crippen LogP contribution in [0.4, 0.5) is 4.79 Å². The van der Waals surface area contributed by atoms with Crippen LogP contribution in [0.25, 0.3) is 0 Å². The molecule has 0 bridgehead atoms. The number of halogens is 1. The van der Waals surface area contributed by atoms with Gasteiger partial charge in [-0.2, -0.15) is 0 Å². The lowest BCUT2D eigenvalue weighted by Crippen LogP contribution is -2.54. The summed E-state index contributed by atoms with van der Waals surface area (Å²) in [5.74, 6) is -1.75. The lowest BCUT2D eigenvalue weighted by Gasteiger charge is -2.41. The topological polar surface area (TPSA) is 122 Å². The third-order valence-corrected chi connectivity index (χ3v) is 9.37. The molecule has 232 valence electrons. The molecule has 2 fully saturated rings. The molecule has 3 aliphatic rings. The van der Waals surface area contributed by atoms with E-state index in [0.29, 0.717) is 5.56 Å². The summed E-state index contributed by atoms with van der Waals surface area (Å²) >= 11 is 3.50. The van der Waals surface area contributed by atoms with E-state index in [1.807, 2.05) is 75.4 Å². The third-order valence-electron chi connectivity index (χ3n) is 8.84. The molecule has 10 nitrogen and oxygen atoms in total. The van der Waals surface area contributed by atoms with Gasteiger partial charge in [-0.15, -0.1) is 0 Å². The van der Waals surface area contributed by atoms with Crippen LogP contribution in [0.2, 0.25) is 0 Å². The fraction of sp³-hybridized carbons (Fsp3) is 0.424. The second-order valence-corrected chi connectivity index (χ2v) is 13.4. The molecule has 0 spiro atoms. The number of benzene rings is 2. The van der Waals surface area contributed by atoms with Gasteiger partial charge in [-0.25, -0.2) is 4.79 Å². The smallest absolute Gasteiger partial charge is 0.410 e. The summed E-state index contributed by atoms with van der Waals surface area (Å²) < 4.78 is 18.8. The number of ether oxygens (including phenoxy) is 3. The Kier molecular flexibility index (Phi) is 7.62. The predicted molar refractivity (Wildman–Crippen MR) is 164 cm³/mol. The van der Waals surface area contributed by atoms with Crippen molar-refractivity contribution in [1.29, 1.82) is 0 Å². The van der Waals surface area contributed by atoms with E-state index in [2.05, 4.69) is 20.9 Å². The van der Waals surface area contributed by atoms with Crippen molar-refractivity contribution in [2.24, 2.45) is 5.92 Å². The highest BCUT2D eigenvalue weighted by Gasteiger charge is 2.78. The van der Waals surface area contributed by atoms with Gasteiger partial charge in [0.15, 0.2) is 11.2 Å². The largest absolute Gasteiger partial charge is 0.495 e. The fourth-order valence-corrected chi connectivity index (χ4v) is 7.28. The van der Waals surface area contributed by atoms with E-state index < -0.39 is 40.8 Å². The number of rotatable bonds is 4. The zero-order valence-electron chi connectivity index (χ0n) is 25.1. The molecule has 5 atom stereocenters. The van der Waals surface area contributed by atoms with Gasteiger partial charge < -0.3 is 34.2 Å². The van der Waals surface area contributed by atoms with E-state index in [1.165, 1.54) is 19.5 Å². The van der Waals surface area contributed by atoms with Crippen molar-refractivity contribution in [2.45, 2.75) is 49.6 Å². The molecule has 1 aromatic heterocycles. The minimum absolute atomic E-state index is 0.244. The maximum absolute atomic E-state index is 14.6. The van der Waals surface area contributed by atoms with Crippen molar-refractivity contribution < 1.29 is 34.0 Å². The first-order valence-electron chi connectivity index (χ1n) is 14.6. The van der Waals surface area contributed by atoms with Crippen LogP contribution in [0.1, 0.15) is 43.4 Å². The minimum Gasteiger partial charge on any atom is -0.495 e. The highest BCUT2D eigenvalue weighted by atomic mass is 79.9. The summed E-state index contributed by atoms with van der Waals surface area (Å²) in [4.78, 5) is 34.8. The zero-order valence-corrected chi connectivity index (χ0v) is 26.7. The second kappa shape index (κ2) is 11.0. The van der Waals surface area contributed by atoms with Crippen molar-refractivity contribution in [3.8, 4) is 11.5 Å². The molecule has 0 radical (unpaired) electrons. The number of amides is 2. The number of carbonyl (C=O) groups is 2. The monoisotopic (exact) mass is 665 g/mol. The number of aromatic nitrogens is 1. The van der Waals surface area contributed by atoms with Crippen LogP contribution in [-0.4, -0.2) is 82.0 Å². The van der Waals surface area contributed by atoms with Gasteiger partial charge in [-0.05, 0) is 44.0 Å². The molecule has 0 unspecified atom stereocenters. The van der Waals surface area contributed by atoms with Crippen molar-refractivity contribution in [3.05, 3.63) is 88.2 Å². The highest BCUT2D eigenvalue weighted by Crippen LogP contribution is 2.69. The number of pyridine rings is 1. The van der Waals surface area contributed by atoms with Gasteiger partial charge in [0.25, 0.3) is 0 Å². The van der Waals surface area contributed by atoms with Crippen LogP contribution in [0.5, 0.6) is 11.5 Å². The van der Waals surface area contributed by atoms with E-state index in [9.17, 15) is 19.8 Å². The highest BCUT2D eigenvalue weighted by molar-refractivity contribution is 9.10. The van der Waals surface area contributed by atoms with Crippen LogP contribution in [-0.2, 0) is 20.7 Å². The van der Waals surface area contributed by atoms with Crippen molar-refractivity contribution in [3.63, 3.8) is 0 Å². The van der Waals surface area contributed by atoms with Crippen LogP contribution in [0, 0.1) is 5.92 Å². The Morgan fingerprint density at radius 1 is 1.00 bits per heavy atom. The van der Waals surface area contributed by atoms with Gasteiger partial charge in [0, 0.05) is 36.6 Å². The Labute approximate surface area is 264 Å². The number of aliphatic hydroxyl groups is 2. The van der Waals surface area contributed by atoms with E-state index >= 15 is 0 Å². The van der Waals surface area contributed by atoms with Crippen molar-refractivity contribution in [2.75, 3.05) is 33.3 Å². The Morgan fingerprint density at radius 3 is 2.25 bits per heavy atom. The minimum atomic E-state index is -2.09. The molecular weight excluding hydrogens is 630 g/mol. The molecule has 1 saturated carbocycles. The molecule has 3 aromatic rings. The Bertz CT molecular complexity index is 1560. The molecule has 2 aliphatic heterocycles. The third kappa shape index (κ3) is 4.64. The number of methoxy groups -OCH3 is 1. The van der Waals surface area contributed by atoms with E-state index in [-0.39, 0.29) is 49.1 Å². The first kappa shape index (κ1) is 30.4. The van der Waals surface area contributed by atoms with Crippen LogP contribution >= 0.6 is 15.9 Å². The first-order chi connectivity index (χ1) is 20.9. The number of hydrogen-bond donors (Lipinski definition) is 2. The molecule has 44 heavy (non-hydrogen) atoms. The lowest BCUT2D eigenvalue weighted by atomic mass is 9.70. The molecular formula is C33H36BrN3O7. The number of fused-ring (bicyclic) bond motifs is 3. The van der Waals surface area contributed by atoms with Crippen LogP contribution < -0.4 is 9.47 Å². The Morgan fingerprint density at radius 2 is 1.64 bits per heavy atom. The lowest BCUT2D eigenvalue weighted by molar-refractivity contribution is -0.157. The van der Waals surface area contributed by atoms with E-state index in [0.717, 1.165) is 10.0 Å². The standard InChI is InChI=1S/C33H36BrN3O7/c1-31(2,3)44-30(40)37-16-14-36(15-17-37)29(39)25-26(20-8-6-5-7-9-20)33(21-10-12-22(34)13-11-21)32(41,28(25)38)27-23(42-4)18-35-19-24(27)43-33/h5-13,18-19,25-26,28,38,41H,14-17H2,1-4H3/t25-,26-,28-,32+,33+/m1/s1. The molecule has 2 amide bonds. The van der Waals surface area contributed by atoms with Gasteiger partial charge in [0.2, 0.25) is 5.91 Å². The molecule has 6 rings (SSSR count). The number of aliphatic hydroxyl groups excluding tert-OH is 1. The first-order valence-corrected chi connectivity index (χ1v) is 15.4. The predicted octanol–water partition coefficient (Wildman–Crippen LogP) is 4.18. The quantitative estimate of drug-likeness (QED) is 0.426. The van der Waals surface area contributed by atoms with Crippen molar-refractivity contribution in [1.82, 2.24) is 14.8 Å². The second-order valence-electron chi connectivity index (χ2n) is 12.5. The molecule has 2 N–H and O–H groups in total. The summed E-state index contributed by atoms with van der Waals surface area (Å²) in [6, 6.07) is 16.7. The normalized spacial score (nSPS) is 27.8. The van der Waals surface area contributed by atoms with Gasteiger partial charge in [0.1, 0.15) is 23.2 Å². The molecule has 1 aliphatic carbocycles. The fourth-order valence-electron chi connectivity index (χ4n) is 7.01. The summed E-state index contributed by atoms with van der Waals surface area (Å²) in [6.07, 6.45) is 0.935. The van der Waals surface area contributed by atoms with Gasteiger partial charge in [-0.3, -0.25) is 9.78 Å². The zero-order chi connectivity index (χ0) is 31.4. The summed E-state index contributed by atoms with van der Waals surface area (Å²) in [5.41, 5.74) is -2.80. The number of carbonyl (C=O) groups excluding carboxylic acids is 2. The number of piperazine rings is 1. The van der Waals surface area contributed by atoms with E-state index in [1.54, 1.807) is 9.80 Å². The van der Waals surface area contributed by atoms with Gasteiger partial charge in [0.05, 0.1) is 31.0 Å². The molecule has 1 saturated heterocycles. The summed E-state index contributed by atoms with van der Waals surface area (Å²) in [7, 11) is 1.46. The van der Waals surface area contributed by atoms with E-state index in [4.69, 9.17) is 14.2 Å². The summed E-state index contributed by atoms with van der Waals surface area (Å²) in [5, 5.41) is 25.3. The molecule has 3 heterocycles. The molecule has 11 heteroatoms. The maximum atomic E-state index is 14.6.